The summed E-state index contributed by atoms with van der Waals surface area (Å²) in [6.45, 7) is 4.80. The molecule has 0 N–H and O–H groups in total. The van der Waals surface area contributed by atoms with Crippen LogP contribution in [0.1, 0.15) is 20.8 Å². The van der Waals surface area contributed by atoms with Crippen LogP contribution in [0.4, 0.5) is 0 Å². The lowest BCUT2D eigenvalue weighted by Crippen LogP contribution is -2.35. The lowest BCUT2D eigenvalue weighted by molar-refractivity contribution is -0.316. The Morgan fingerprint density at radius 2 is 1.50 bits per heavy atom. The van der Waals surface area contributed by atoms with Gasteiger partial charge in [-0.15, -0.1) is 0 Å². The van der Waals surface area contributed by atoms with Crippen LogP contribution in [0.15, 0.2) is 0 Å². The van der Waals surface area contributed by atoms with Gasteiger partial charge in [-0.25, -0.2) is 0 Å². The number of aliphatic carboxylic acids is 1. The number of carboxylic acid groups (broad SMARTS) is 1. The van der Waals surface area contributed by atoms with Gasteiger partial charge in [-0.1, -0.05) is 20.8 Å². The smallest absolute Gasteiger partial charge is 0.0903 e. The molecule has 0 radical (unpaired) electrons. The van der Waals surface area contributed by atoms with Gasteiger partial charge in [0.05, 0.1) is 12.4 Å². The fourth-order valence-electron chi connectivity index (χ4n) is 0. The molecule has 0 aromatic carbocycles. The highest BCUT2D eigenvalue weighted by atomic mass is 35.5. The van der Waals surface area contributed by atoms with E-state index in [1.54, 1.807) is 20.8 Å². The molecule has 0 fully saturated rings. The van der Waals surface area contributed by atoms with E-state index in [1.165, 1.54) is 0 Å². The molecule has 0 amide bonds. The molecule has 0 spiro atoms. The van der Waals surface area contributed by atoms with Crippen molar-refractivity contribution >= 4 is 5.97 Å². The average molecular weight is 139 g/mol. The first-order chi connectivity index (χ1) is 2.94. The molecule has 8 heavy (non-hydrogen) atoms. The molecule has 0 aliphatic heterocycles. The molecule has 0 aliphatic rings. The molecule has 2 nitrogen and oxygen atoms in total. The lowest BCUT2D eigenvalue weighted by Gasteiger charge is -2.18. The molecule has 0 aromatic heterocycles. The van der Waals surface area contributed by atoms with E-state index < -0.39 is 11.4 Å². The van der Waals surface area contributed by atoms with Gasteiger partial charge in [-0.05, 0) is 0 Å². The van der Waals surface area contributed by atoms with Crippen LogP contribution < -0.4 is 5.11 Å². The zero-order valence-corrected chi connectivity index (χ0v) is 6.16. The van der Waals surface area contributed by atoms with Crippen LogP contribution in [-0.2, 0) is 4.79 Å². The van der Waals surface area contributed by atoms with Crippen molar-refractivity contribution in [3.05, 3.63) is 0 Å². The topological polar surface area (TPSA) is 40.1 Å². The van der Waals surface area contributed by atoms with Crippen LogP contribution in [0.2, 0.25) is 0 Å². The van der Waals surface area contributed by atoms with Gasteiger partial charge in [0.1, 0.15) is 0 Å². The van der Waals surface area contributed by atoms with E-state index in [4.69, 9.17) is 0 Å². The molecule has 0 heterocycles. The molecular formula is C5H11ClO2. The van der Waals surface area contributed by atoms with Gasteiger partial charge in [-0.2, -0.15) is 0 Å². The van der Waals surface area contributed by atoms with Gasteiger partial charge in [0.15, 0.2) is 0 Å². The van der Waals surface area contributed by atoms with Gasteiger partial charge in [0, 0.05) is 11.4 Å². The monoisotopic (exact) mass is 138 g/mol. The predicted molar refractivity (Wildman–Crippen MR) is 27.3 cm³/mol. The van der Waals surface area contributed by atoms with Crippen LogP contribution >= 0.6 is 0 Å². The minimum atomic E-state index is -1.01. The second kappa shape index (κ2) is 2.92. The van der Waals surface area contributed by atoms with Crippen molar-refractivity contribution in [2.45, 2.75) is 20.8 Å². The first-order valence-corrected chi connectivity index (χ1v) is 2.16. The van der Waals surface area contributed by atoms with Crippen LogP contribution in [0.5, 0.6) is 0 Å². The minimum Gasteiger partial charge on any atom is -0.550 e. The van der Waals surface area contributed by atoms with Crippen LogP contribution in [0.25, 0.3) is 0 Å². The summed E-state index contributed by atoms with van der Waals surface area (Å²) in [4.78, 5) is 9.91. The highest BCUT2D eigenvalue weighted by molar-refractivity contribution is 5.70. The Morgan fingerprint density at radius 1 is 1.38 bits per heavy atom. The highest BCUT2D eigenvalue weighted by Gasteiger charge is 2.09. The maximum atomic E-state index is 9.91. The zero-order chi connectivity index (χ0) is 6.08. The highest BCUT2D eigenvalue weighted by Crippen LogP contribution is 2.09. The molecule has 0 unspecified atom stereocenters. The summed E-state index contributed by atoms with van der Waals surface area (Å²) < 4.78 is 0. The van der Waals surface area contributed by atoms with E-state index in [0.717, 1.165) is 0 Å². The molecule has 0 saturated carbocycles. The summed E-state index contributed by atoms with van der Waals surface area (Å²) >= 11 is 0. The maximum absolute atomic E-state index is 9.91. The van der Waals surface area contributed by atoms with E-state index >= 15 is 0 Å². The van der Waals surface area contributed by atoms with Crippen molar-refractivity contribution in [3.63, 3.8) is 0 Å². The van der Waals surface area contributed by atoms with Gasteiger partial charge in [-0.3, -0.25) is 0 Å². The Morgan fingerprint density at radius 3 is 1.50 bits per heavy atom. The Balaban J connectivity index is 0. The number of halogens is 1. The SMILES string of the molecule is CC(C)(C)C(=O)[O-].[ClH2+]. The molecule has 3 heteroatoms. The largest absolute Gasteiger partial charge is 0.550 e. The number of carboxylic acids is 1. The first-order valence-electron chi connectivity index (χ1n) is 2.16. The molecule has 50 valence electrons. The Bertz CT molecular complexity index is 82.9. The fraction of sp³-hybridized carbons (Fsp3) is 0.800. The molecular weight excluding hydrogens is 128 g/mol. The van der Waals surface area contributed by atoms with E-state index in [1.807, 2.05) is 0 Å². The Kier molecular flexibility index (Phi) is 3.90. The fourth-order valence-corrected chi connectivity index (χ4v) is 0. The number of carbonyl (C=O) groups excluding carboxylic acids is 1. The predicted octanol–water partition coefficient (Wildman–Crippen LogP) is -0.753. The van der Waals surface area contributed by atoms with E-state index in [-0.39, 0.29) is 12.4 Å². The van der Waals surface area contributed by atoms with Gasteiger partial charge >= 0.3 is 0 Å². The third kappa shape index (κ3) is 3.93. The lowest BCUT2D eigenvalue weighted by atomic mass is 9.98. The summed E-state index contributed by atoms with van der Waals surface area (Å²) in [5.41, 5.74) is -0.694. The average Bonchev–Trinajstić information content (AvgIpc) is 1.31. The van der Waals surface area contributed by atoms with Crippen molar-refractivity contribution in [1.29, 1.82) is 0 Å². The van der Waals surface area contributed by atoms with Crippen LogP contribution in [-0.4, -0.2) is 5.97 Å². The van der Waals surface area contributed by atoms with Crippen molar-refractivity contribution in [2.75, 3.05) is 0 Å². The van der Waals surface area contributed by atoms with Gasteiger partial charge < -0.3 is 9.90 Å². The third-order valence-electron chi connectivity index (χ3n) is 0.612. The summed E-state index contributed by atoms with van der Waals surface area (Å²) in [7, 11) is 0. The molecule has 0 aliphatic carbocycles. The standard InChI is InChI=1S/C5H10O2.ClH2/c1-5(2,3)4(6)7;/h1-3H3,(H,6,7);1H2/q;+1/p-1. The second-order valence-corrected chi connectivity index (χ2v) is 2.54. The molecule has 0 atom stereocenters. The van der Waals surface area contributed by atoms with Crippen LogP contribution in [0, 0.1) is 17.8 Å². The van der Waals surface area contributed by atoms with Crippen molar-refractivity contribution in [3.8, 4) is 0 Å². The van der Waals surface area contributed by atoms with E-state index in [0.29, 0.717) is 0 Å². The maximum Gasteiger partial charge on any atom is 0.0903 e. The summed E-state index contributed by atoms with van der Waals surface area (Å²) in [6.07, 6.45) is 0. The molecule has 0 rings (SSSR count). The van der Waals surface area contributed by atoms with Crippen molar-refractivity contribution < 1.29 is 22.3 Å². The molecule has 0 bridgehead atoms. The Labute approximate surface area is 55.3 Å². The quantitative estimate of drug-likeness (QED) is 0.442. The minimum absolute atomic E-state index is 0. The number of carbonyl (C=O) groups is 1. The van der Waals surface area contributed by atoms with Gasteiger partial charge in [0.2, 0.25) is 0 Å². The first kappa shape index (κ1) is 10.7. The summed E-state index contributed by atoms with van der Waals surface area (Å²) in [5.74, 6) is -1.01. The van der Waals surface area contributed by atoms with Gasteiger partial charge in [0.25, 0.3) is 0 Å². The number of rotatable bonds is 0. The third-order valence-corrected chi connectivity index (χ3v) is 0.612. The Hall–Kier alpha value is -0.240. The number of hydrogen-bond acceptors (Lipinski definition) is 2. The summed E-state index contributed by atoms with van der Waals surface area (Å²) in [6, 6.07) is 0. The zero-order valence-electron chi connectivity index (χ0n) is 5.26. The van der Waals surface area contributed by atoms with E-state index in [9.17, 15) is 9.90 Å². The second-order valence-electron chi connectivity index (χ2n) is 2.54. The van der Waals surface area contributed by atoms with Crippen LogP contribution in [0.3, 0.4) is 0 Å². The normalized spacial score (nSPS) is 9.88. The number of hydrogen-bond donors (Lipinski definition) is 0. The van der Waals surface area contributed by atoms with E-state index in [2.05, 4.69) is 0 Å². The molecule has 0 saturated heterocycles. The van der Waals surface area contributed by atoms with Crippen molar-refractivity contribution in [2.24, 2.45) is 5.41 Å². The molecule has 0 aromatic rings. The summed E-state index contributed by atoms with van der Waals surface area (Å²) in [5, 5.41) is 9.91. The van der Waals surface area contributed by atoms with Crippen molar-refractivity contribution in [1.82, 2.24) is 0 Å².